The summed E-state index contributed by atoms with van der Waals surface area (Å²) in [6, 6.07) is 16.2. The lowest BCUT2D eigenvalue weighted by Gasteiger charge is -2.43. The molecule has 5 bridgehead atoms. The minimum Gasteiger partial charge on any atom is -0.455 e. The molecule has 3 amide bonds. The molecule has 0 aromatic heterocycles. The molecular formula is C38H45N3O7. The Labute approximate surface area is 281 Å². The first-order valence-corrected chi connectivity index (χ1v) is 16.8. The van der Waals surface area contributed by atoms with Gasteiger partial charge in [-0.1, -0.05) is 85.0 Å². The number of carbonyl (C=O) groups is 4. The Balaban J connectivity index is 1.46. The average molecular weight is 656 g/mol. The number of hydrogen-bond donors (Lipinski definition) is 2. The standard InChI is InChI=1S/C38H45N3O7/c1-24-32(26-16-10-6-11-17-26)47-36(46)30-28-19-20-38(48-28)31(30)34(44)41(27(23-42)22-25-14-8-5-9-15-25)33(38)35(45)40(37(2,3)4)21-13-7-12-18-29(43)39-24/h5-11,13-17,19-20,24,27-28,30-33,42H,12,18,21-23H2,1-4H3,(H,39,43)/b13-7-/t24-,27-,28+,30-,31-,32+,33+,38-/m1/s1. The fourth-order valence-electron chi connectivity index (χ4n) is 7.75. The zero-order valence-corrected chi connectivity index (χ0v) is 28.0. The largest absolute Gasteiger partial charge is 0.455 e. The third kappa shape index (κ3) is 6.07. The second kappa shape index (κ2) is 13.3. The Kier molecular flexibility index (Phi) is 9.33. The van der Waals surface area contributed by atoms with E-state index in [1.165, 1.54) is 4.90 Å². The highest BCUT2D eigenvalue weighted by atomic mass is 16.6. The number of hydrogen-bond acceptors (Lipinski definition) is 7. The summed E-state index contributed by atoms with van der Waals surface area (Å²) < 4.78 is 12.8. The summed E-state index contributed by atoms with van der Waals surface area (Å²) in [5, 5.41) is 13.8. The number of aliphatic hydroxyl groups excluding tert-OH is 1. The zero-order chi connectivity index (χ0) is 34.2. The number of benzene rings is 2. The molecule has 0 radical (unpaired) electrons. The van der Waals surface area contributed by atoms with Crippen molar-refractivity contribution in [3.63, 3.8) is 0 Å². The SMILES string of the molecule is C[C@H]1NC(=O)CC/C=C\CN(C(C)(C)C)C(=O)[C@@H]2N([C@@H](CO)Cc3ccccc3)C(=O)[C@H]3[C@H](C(=O)O[C@@H]1c1ccccc1)[C@@H]1C=C[C@]23O1. The van der Waals surface area contributed by atoms with Gasteiger partial charge < -0.3 is 29.7 Å². The van der Waals surface area contributed by atoms with Gasteiger partial charge in [-0.2, -0.15) is 0 Å². The van der Waals surface area contributed by atoms with E-state index in [9.17, 15) is 24.3 Å². The number of ether oxygens (including phenoxy) is 2. The number of likely N-dealkylation sites (tertiary alicyclic amines) is 1. The molecule has 2 saturated heterocycles. The Bertz CT molecular complexity index is 1590. The minimum atomic E-state index is -1.43. The molecule has 48 heavy (non-hydrogen) atoms. The van der Waals surface area contributed by atoms with Gasteiger partial charge >= 0.3 is 5.97 Å². The van der Waals surface area contributed by atoms with Crippen molar-refractivity contribution >= 4 is 23.7 Å². The van der Waals surface area contributed by atoms with E-state index in [4.69, 9.17) is 9.47 Å². The normalized spacial score (nSPS) is 32.2. The van der Waals surface area contributed by atoms with Crippen LogP contribution in [0.25, 0.3) is 0 Å². The van der Waals surface area contributed by atoms with Crippen molar-refractivity contribution in [3.05, 3.63) is 96.1 Å². The molecule has 4 aliphatic rings. The predicted molar refractivity (Wildman–Crippen MR) is 178 cm³/mol. The first kappa shape index (κ1) is 33.6. The maximum Gasteiger partial charge on any atom is 0.313 e. The van der Waals surface area contributed by atoms with E-state index < -0.39 is 71.8 Å². The van der Waals surface area contributed by atoms with Gasteiger partial charge in [0.1, 0.15) is 23.7 Å². The molecule has 6 rings (SSSR count). The van der Waals surface area contributed by atoms with Crippen LogP contribution in [0.15, 0.2) is 85.0 Å². The molecule has 0 aliphatic carbocycles. The summed E-state index contributed by atoms with van der Waals surface area (Å²) in [5.74, 6) is -3.69. The number of nitrogens with zero attached hydrogens (tertiary/aromatic N) is 2. The van der Waals surface area contributed by atoms with Crippen LogP contribution in [0, 0.1) is 11.8 Å². The van der Waals surface area contributed by atoms with Gasteiger partial charge in [0, 0.05) is 18.5 Å². The summed E-state index contributed by atoms with van der Waals surface area (Å²) in [7, 11) is 0. The Hall–Kier alpha value is -4.28. The van der Waals surface area contributed by atoms with Crippen LogP contribution in [-0.2, 0) is 35.1 Å². The number of rotatable bonds is 5. The smallest absolute Gasteiger partial charge is 0.313 e. The third-order valence-electron chi connectivity index (χ3n) is 10.0. The number of carbonyl (C=O) groups excluding carboxylic acids is 4. The van der Waals surface area contributed by atoms with Gasteiger partial charge in [-0.3, -0.25) is 19.2 Å². The zero-order valence-electron chi connectivity index (χ0n) is 28.0. The molecule has 0 saturated carbocycles. The highest BCUT2D eigenvalue weighted by Gasteiger charge is 2.74. The first-order valence-electron chi connectivity index (χ1n) is 16.8. The van der Waals surface area contributed by atoms with Gasteiger partial charge in [-0.25, -0.2) is 0 Å². The van der Waals surface area contributed by atoms with Gasteiger partial charge in [-0.15, -0.1) is 0 Å². The van der Waals surface area contributed by atoms with Crippen molar-refractivity contribution in [2.45, 2.75) is 88.4 Å². The number of fused-ring (bicyclic) bond motifs is 2. The van der Waals surface area contributed by atoms with Crippen molar-refractivity contribution in [2.24, 2.45) is 11.8 Å². The highest BCUT2D eigenvalue weighted by Crippen LogP contribution is 2.56. The molecular weight excluding hydrogens is 610 g/mol. The monoisotopic (exact) mass is 655 g/mol. The summed E-state index contributed by atoms with van der Waals surface area (Å²) in [4.78, 5) is 60.2. The van der Waals surface area contributed by atoms with E-state index in [1.54, 1.807) is 24.0 Å². The number of nitrogens with one attached hydrogen (secondary N) is 1. The first-order chi connectivity index (χ1) is 23.0. The fourth-order valence-corrected chi connectivity index (χ4v) is 7.75. The third-order valence-corrected chi connectivity index (χ3v) is 10.0. The summed E-state index contributed by atoms with van der Waals surface area (Å²) in [6.45, 7) is 7.40. The van der Waals surface area contributed by atoms with Crippen molar-refractivity contribution in [3.8, 4) is 0 Å². The number of amides is 3. The van der Waals surface area contributed by atoms with Crippen LogP contribution in [-0.4, -0.2) is 87.1 Å². The Morgan fingerprint density at radius 3 is 2.33 bits per heavy atom. The van der Waals surface area contributed by atoms with E-state index >= 15 is 0 Å². The minimum absolute atomic E-state index is 0.194. The van der Waals surface area contributed by atoms with Crippen molar-refractivity contribution < 1.29 is 33.8 Å². The van der Waals surface area contributed by atoms with Gasteiger partial charge in [0.05, 0.1) is 30.7 Å². The number of aliphatic hydroxyl groups is 1. The van der Waals surface area contributed by atoms with Crippen LogP contribution in [0.3, 0.4) is 0 Å². The maximum absolute atomic E-state index is 14.9. The number of cyclic esters (lactones) is 1. The van der Waals surface area contributed by atoms with Gasteiger partial charge in [-0.05, 0) is 51.7 Å². The van der Waals surface area contributed by atoms with Crippen LogP contribution in [0.4, 0.5) is 0 Å². The molecule has 8 atom stereocenters. The van der Waals surface area contributed by atoms with E-state index in [2.05, 4.69) is 5.32 Å². The molecule has 254 valence electrons. The second-order valence-corrected chi connectivity index (χ2v) is 14.2. The maximum atomic E-state index is 14.9. The molecule has 4 heterocycles. The second-order valence-electron chi connectivity index (χ2n) is 14.2. The lowest BCUT2D eigenvalue weighted by molar-refractivity contribution is -0.162. The van der Waals surface area contributed by atoms with Crippen LogP contribution in [0.5, 0.6) is 0 Å². The number of esters is 1. The molecule has 2 N–H and O–H groups in total. The molecule has 10 nitrogen and oxygen atoms in total. The Morgan fingerprint density at radius 1 is 0.979 bits per heavy atom. The quantitative estimate of drug-likeness (QED) is 0.373. The molecule has 4 aliphatic heterocycles. The molecule has 0 unspecified atom stereocenters. The van der Waals surface area contributed by atoms with Crippen LogP contribution >= 0.6 is 0 Å². The molecule has 2 aromatic rings. The Morgan fingerprint density at radius 2 is 1.67 bits per heavy atom. The van der Waals surface area contributed by atoms with Gasteiger partial charge in [0.2, 0.25) is 17.7 Å². The van der Waals surface area contributed by atoms with E-state index in [-0.39, 0.29) is 24.8 Å². The number of allylic oxidation sites excluding steroid dienone is 1. The lowest BCUT2D eigenvalue weighted by Crippen LogP contribution is -2.61. The van der Waals surface area contributed by atoms with Crippen LogP contribution in [0.2, 0.25) is 0 Å². The molecule has 2 aromatic carbocycles. The van der Waals surface area contributed by atoms with Crippen LogP contribution in [0.1, 0.15) is 57.8 Å². The topological polar surface area (TPSA) is 125 Å². The average Bonchev–Trinajstić information content (AvgIpc) is 3.71. The van der Waals surface area contributed by atoms with E-state index in [0.29, 0.717) is 18.4 Å². The summed E-state index contributed by atoms with van der Waals surface area (Å²) in [6.07, 6.45) is 6.62. The van der Waals surface area contributed by atoms with Crippen molar-refractivity contribution in [2.75, 3.05) is 13.2 Å². The van der Waals surface area contributed by atoms with Crippen molar-refractivity contribution in [1.29, 1.82) is 0 Å². The lowest BCUT2D eigenvalue weighted by atomic mass is 9.74. The summed E-state index contributed by atoms with van der Waals surface area (Å²) in [5.41, 5.74) is -0.498. The van der Waals surface area contributed by atoms with Crippen molar-refractivity contribution in [1.82, 2.24) is 15.1 Å². The van der Waals surface area contributed by atoms with Crippen LogP contribution < -0.4 is 5.32 Å². The fraction of sp³-hybridized carbons (Fsp3) is 0.474. The summed E-state index contributed by atoms with van der Waals surface area (Å²) >= 11 is 0. The molecule has 10 heteroatoms. The molecule has 1 spiro atoms. The van der Waals surface area contributed by atoms with Gasteiger partial charge in [0.15, 0.2) is 0 Å². The van der Waals surface area contributed by atoms with E-state index in [1.807, 2.05) is 93.6 Å². The highest BCUT2D eigenvalue weighted by molar-refractivity contribution is 5.99. The molecule has 2 fully saturated rings. The van der Waals surface area contributed by atoms with E-state index in [0.717, 1.165) is 5.56 Å². The predicted octanol–water partition coefficient (Wildman–Crippen LogP) is 3.51. The van der Waals surface area contributed by atoms with Gasteiger partial charge in [0.25, 0.3) is 0 Å².